The number of fused-ring (bicyclic) bond motifs is 1. The van der Waals surface area contributed by atoms with Crippen LogP contribution >= 0.6 is 11.8 Å². The lowest BCUT2D eigenvalue weighted by Crippen LogP contribution is -2.39. The number of imidazole rings is 1. The smallest absolute Gasteiger partial charge is 0.191 e. The number of aryl methyl sites for hydroxylation is 1. The third-order valence-corrected chi connectivity index (χ3v) is 5.12. The number of nitrogens with zero attached hydrogens (tertiary/aromatic N) is 3. The molecule has 0 radical (unpaired) electrons. The van der Waals surface area contributed by atoms with Gasteiger partial charge in [-0.1, -0.05) is 30.3 Å². The van der Waals surface area contributed by atoms with Crippen LogP contribution in [0.2, 0.25) is 0 Å². The van der Waals surface area contributed by atoms with Crippen molar-refractivity contribution in [2.45, 2.75) is 18.4 Å². The minimum atomic E-state index is 0.798. The Hall–Kier alpha value is -2.47. The summed E-state index contributed by atoms with van der Waals surface area (Å²) in [5.74, 6) is 2.87. The van der Waals surface area contributed by atoms with Crippen LogP contribution < -0.4 is 10.6 Å². The van der Waals surface area contributed by atoms with Crippen molar-refractivity contribution in [1.82, 2.24) is 20.2 Å². The maximum Gasteiger partial charge on any atom is 0.191 e. The molecule has 0 bridgehead atoms. The van der Waals surface area contributed by atoms with E-state index < -0.39 is 0 Å². The van der Waals surface area contributed by atoms with Gasteiger partial charge < -0.3 is 15.2 Å². The van der Waals surface area contributed by atoms with Crippen LogP contribution in [0, 0.1) is 6.92 Å². The third kappa shape index (κ3) is 4.79. The first-order valence-electron chi connectivity index (χ1n) is 8.82. The van der Waals surface area contributed by atoms with E-state index in [-0.39, 0.29) is 0 Å². The van der Waals surface area contributed by atoms with E-state index in [9.17, 15) is 0 Å². The Morgan fingerprint density at radius 1 is 1.04 bits per heavy atom. The SMILES string of the molecule is CN=C(NCCSc1ccccc1)NCCn1c(C)nc2ccccc21. The standard InChI is InChI=1S/C20H25N5S/c1-16-24-18-10-6-7-11-19(18)25(16)14-12-22-20(21-2)23-13-15-26-17-8-4-3-5-9-17/h3-11H,12-15H2,1-2H3,(H2,21,22,23). The number of guanidine groups is 1. The largest absolute Gasteiger partial charge is 0.356 e. The summed E-state index contributed by atoms with van der Waals surface area (Å²) in [6.07, 6.45) is 0. The molecule has 2 N–H and O–H groups in total. The van der Waals surface area contributed by atoms with Crippen LogP contribution in [0.1, 0.15) is 5.82 Å². The first kappa shape index (κ1) is 18.3. The zero-order valence-electron chi connectivity index (χ0n) is 15.3. The van der Waals surface area contributed by atoms with E-state index in [0.717, 1.165) is 42.7 Å². The van der Waals surface area contributed by atoms with Crippen molar-refractivity contribution in [1.29, 1.82) is 0 Å². The predicted octanol–water partition coefficient (Wildman–Crippen LogP) is 3.30. The van der Waals surface area contributed by atoms with E-state index in [4.69, 9.17) is 0 Å². The molecule has 0 fully saturated rings. The van der Waals surface area contributed by atoms with Crippen molar-refractivity contribution in [2.75, 3.05) is 25.9 Å². The number of rotatable bonds is 7. The van der Waals surface area contributed by atoms with Crippen molar-refractivity contribution in [3.8, 4) is 0 Å². The van der Waals surface area contributed by atoms with Gasteiger partial charge in [-0.25, -0.2) is 4.98 Å². The van der Waals surface area contributed by atoms with Crippen LogP contribution in [0.5, 0.6) is 0 Å². The second-order valence-corrected chi connectivity index (χ2v) is 7.05. The monoisotopic (exact) mass is 367 g/mol. The maximum atomic E-state index is 4.61. The average molecular weight is 368 g/mol. The van der Waals surface area contributed by atoms with Crippen LogP contribution in [-0.2, 0) is 6.54 Å². The molecular weight excluding hydrogens is 342 g/mol. The van der Waals surface area contributed by atoms with Crippen LogP contribution in [0.15, 0.2) is 64.5 Å². The molecular formula is C20H25N5S. The molecule has 136 valence electrons. The zero-order chi connectivity index (χ0) is 18.2. The van der Waals surface area contributed by atoms with Gasteiger partial charge in [0.2, 0.25) is 0 Å². The molecule has 0 saturated carbocycles. The maximum absolute atomic E-state index is 4.61. The summed E-state index contributed by atoms with van der Waals surface area (Å²) in [6, 6.07) is 18.7. The molecule has 0 spiro atoms. The van der Waals surface area contributed by atoms with E-state index in [1.165, 1.54) is 10.4 Å². The fourth-order valence-corrected chi connectivity index (χ4v) is 3.63. The number of aliphatic imine (C=N–C) groups is 1. The van der Waals surface area contributed by atoms with Gasteiger partial charge in [0, 0.05) is 37.3 Å². The second-order valence-electron chi connectivity index (χ2n) is 5.89. The van der Waals surface area contributed by atoms with Crippen LogP contribution in [-0.4, -0.2) is 41.4 Å². The van der Waals surface area contributed by atoms with E-state index >= 15 is 0 Å². The predicted molar refractivity (Wildman–Crippen MR) is 111 cm³/mol. The molecule has 3 aromatic rings. The Labute approximate surface area is 158 Å². The van der Waals surface area contributed by atoms with Gasteiger partial charge in [-0.15, -0.1) is 11.8 Å². The molecule has 2 aromatic carbocycles. The summed E-state index contributed by atoms with van der Waals surface area (Å²) in [4.78, 5) is 10.2. The lowest BCUT2D eigenvalue weighted by Gasteiger charge is -2.13. The summed E-state index contributed by atoms with van der Waals surface area (Å²) < 4.78 is 2.24. The fourth-order valence-electron chi connectivity index (χ4n) is 2.84. The molecule has 6 heteroatoms. The molecule has 0 unspecified atom stereocenters. The molecule has 5 nitrogen and oxygen atoms in total. The van der Waals surface area contributed by atoms with Crippen molar-refractivity contribution in [2.24, 2.45) is 4.99 Å². The topological polar surface area (TPSA) is 54.2 Å². The molecule has 1 aromatic heterocycles. The molecule has 0 aliphatic carbocycles. The Bertz CT molecular complexity index is 857. The van der Waals surface area contributed by atoms with Gasteiger partial charge in [-0.05, 0) is 31.2 Å². The van der Waals surface area contributed by atoms with Crippen molar-refractivity contribution in [3.05, 3.63) is 60.4 Å². The Kier molecular flexibility index (Phi) is 6.55. The zero-order valence-corrected chi connectivity index (χ0v) is 16.1. The lowest BCUT2D eigenvalue weighted by atomic mass is 10.3. The molecule has 0 aliphatic heterocycles. The summed E-state index contributed by atoms with van der Waals surface area (Å²) >= 11 is 1.84. The van der Waals surface area contributed by atoms with E-state index in [1.807, 2.05) is 30.8 Å². The Morgan fingerprint density at radius 2 is 1.77 bits per heavy atom. The molecule has 0 saturated heterocycles. The number of aromatic nitrogens is 2. The average Bonchev–Trinajstić information content (AvgIpc) is 3.00. The molecule has 0 aliphatic rings. The number of hydrogen-bond acceptors (Lipinski definition) is 3. The van der Waals surface area contributed by atoms with Gasteiger partial charge in [-0.3, -0.25) is 4.99 Å². The Balaban J connectivity index is 1.43. The van der Waals surface area contributed by atoms with Gasteiger partial charge in [0.1, 0.15) is 5.82 Å². The number of benzene rings is 2. The molecule has 3 rings (SSSR count). The van der Waals surface area contributed by atoms with Gasteiger partial charge in [0.05, 0.1) is 11.0 Å². The molecule has 1 heterocycles. The van der Waals surface area contributed by atoms with Gasteiger partial charge in [-0.2, -0.15) is 0 Å². The number of hydrogen-bond donors (Lipinski definition) is 2. The van der Waals surface area contributed by atoms with Crippen LogP contribution in [0.25, 0.3) is 11.0 Å². The van der Waals surface area contributed by atoms with Gasteiger partial charge in [0.15, 0.2) is 5.96 Å². The second kappa shape index (κ2) is 9.29. The highest BCUT2D eigenvalue weighted by Gasteiger charge is 2.06. The van der Waals surface area contributed by atoms with Gasteiger partial charge in [0.25, 0.3) is 0 Å². The quantitative estimate of drug-likeness (QED) is 0.291. The molecule has 26 heavy (non-hydrogen) atoms. The highest BCUT2D eigenvalue weighted by molar-refractivity contribution is 7.99. The van der Waals surface area contributed by atoms with Gasteiger partial charge >= 0.3 is 0 Å². The van der Waals surface area contributed by atoms with Crippen molar-refractivity contribution < 1.29 is 0 Å². The highest BCUT2D eigenvalue weighted by atomic mass is 32.2. The number of para-hydroxylation sites is 2. The number of nitrogens with one attached hydrogen (secondary N) is 2. The van der Waals surface area contributed by atoms with Crippen molar-refractivity contribution in [3.63, 3.8) is 0 Å². The normalized spacial score (nSPS) is 11.7. The van der Waals surface area contributed by atoms with E-state index in [0.29, 0.717) is 0 Å². The highest BCUT2D eigenvalue weighted by Crippen LogP contribution is 2.16. The van der Waals surface area contributed by atoms with Crippen molar-refractivity contribution >= 4 is 28.8 Å². The van der Waals surface area contributed by atoms with Crippen LogP contribution in [0.3, 0.4) is 0 Å². The molecule has 0 amide bonds. The first-order valence-corrected chi connectivity index (χ1v) is 9.81. The van der Waals surface area contributed by atoms with E-state index in [2.05, 4.69) is 67.6 Å². The minimum absolute atomic E-state index is 0.798. The lowest BCUT2D eigenvalue weighted by molar-refractivity contribution is 0.662. The number of thioether (sulfide) groups is 1. The summed E-state index contributed by atoms with van der Waals surface area (Å²) in [7, 11) is 1.80. The van der Waals surface area contributed by atoms with Crippen LogP contribution in [0.4, 0.5) is 0 Å². The Morgan fingerprint density at radius 3 is 2.58 bits per heavy atom. The first-order chi connectivity index (χ1) is 12.8. The summed E-state index contributed by atoms with van der Waals surface area (Å²) in [5, 5.41) is 6.74. The summed E-state index contributed by atoms with van der Waals surface area (Å²) in [6.45, 7) is 4.57. The minimum Gasteiger partial charge on any atom is -0.356 e. The fraction of sp³-hybridized carbons (Fsp3) is 0.300. The third-order valence-electron chi connectivity index (χ3n) is 4.10. The molecule has 0 atom stereocenters. The van der Waals surface area contributed by atoms with E-state index in [1.54, 1.807) is 7.05 Å². The summed E-state index contributed by atoms with van der Waals surface area (Å²) in [5.41, 5.74) is 2.22.